The van der Waals surface area contributed by atoms with Gasteiger partial charge in [0.25, 0.3) is 0 Å². The van der Waals surface area contributed by atoms with E-state index in [1.165, 1.54) is 70.6 Å². The second-order valence-corrected chi connectivity index (χ2v) is 5.48. The van der Waals surface area contributed by atoms with Gasteiger partial charge >= 0.3 is 0 Å². The predicted octanol–water partition coefficient (Wildman–Crippen LogP) is 5.65. The fraction of sp³-hybridized carbons (Fsp3) is 0.765. The van der Waals surface area contributed by atoms with Crippen molar-refractivity contribution in [3.63, 3.8) is 0 Å². The summed E-state index contributed by atoms with van der Waals surface area (Å²) in [4.78, 5) is 3.28. The predicted molar refractivity (Wildman–Crippen MR) is 81.1 cm³/mol. The van der Waals surface area contributed by atoms with Crippen LogP contribution in [0.15, 0.2) is 12.4 Å². The fourth-order valence-electron chi connectivity index (χ4n) is 2.53. The van der Waals surface area contributed by atoms with Crippen LogP contribution >= 0.6 is 0 Å². The van der Waals surface area contributed by atoms with E-state index in [0.717, 1.165) is 0 Å². The van der Waals surface area contributed by atoms with Crippen molar-refractivity contribution in [3.8, 4) is 0 Å². The smallest absolute Gasteiger partial charge is 0.00401 e. The molecule has 0 amide bonds. The third-order valence-corrected chi connectivity index (χ3v) is 3.78. The van der Waals surface area contributed by atoms with Crippen LogP contribution in [0.3, 0.4) is 0 Å². The van der Waals surface area contributed by atoms with Gasteiger partial charge < -0.3 is 4.98 Å². The van der Waals surface area contributed by atoms with E-state index in [1.807, 2.05) is 0 Å². The first kappa shape index (κ1) is 15.3. The lowest BCUT2D eigenvalue weighted by molar-refractivity contribution is 0.588. The number of nitrogens with one attached hydrogen (secondary N) is 1. The van der Waals surface area contributed by atoms with Crippen LogP contribution in [-0.4, -0.2) is 4.98 Å². The van der Waals surface area contributed by atoms with Gasteiger partial charge in [0.15, 0.2) is 0 Å². The van der Waals surface area contributed by atoms with E-state index in [9.17, 15) is 0 Å². The lowest BCUT2D eigenvalue weighted by Crippen LogP contribution is -1.91. The van der Waals surface area contributed by atoms with E-state index in [-0.39, 0.29) is 0 Å². The average molecular weight is 249 g/mol. The largest absolute Gasteiger partial charge is 0.367 e. The molecule has 18 heavy (non-hydrogen) atoms. The zero-order chi connectivity index (χ0) is 13.1. The Hall–Kier alpha value is -0.720. The van der Waals surface area contributed by atoms with E-state index in [0.29, 0.717) is 0 Å². The molecule has 0 fully saturated rings. The first-order valence-electron chi connectivity index (χ1n) is 8.03. The van der Waals surface area contributed by atoms with E-state index >= 15 is 0 Å². The Labute approximate surface area is 113 Å². The second-order valence-electron chi connectivity index (χ2n) is 5.48. The highest BCUT2D eigenvalue weighted by molar-refractivity contribution is 5.23. The standard InChI is InChI=1S/C17H31N/c1-3-5-7-8-9-10-11-13-17-15-18-14-16(17)12-6-4-2/h14-15,18H,3-13H2,1-2H3. The molecule has 1 heteroatoms. The quantitative estimate of drug-likeness (QED) is 0.488. The highest BCUT2D eigenvalue weighted by Gasteiger charge is 2.02. The molecular formula is C17H31N. The van der Waals surface area contributed by atoms with Gasteiger partial charge in [-0.3, -0.25) is 0 Å². The summed E-state index contributed by atoms with van der Waals surface area (Å²) in [7, 11) is 0. The van der Waals surface area contributed by atoms with E-state index in [1.54, 1.807) is 11.1 Å². The molecule has 0 aromatic carbocycles. The van der Waals surface area contributed by atoms with Crippen LogP contribution in [-0.2, 0) is 12.8 Å². The highest BCUT2D eigenvalue weighted by atomic mass is 14.6. The van der Waals surface area contributed by atoms with E-state index in [2.05, 4.69) is 31.2 Å². The third-order valence-electron chi connectivity index (χ3n) is 3.78. The van der Waals surface area contributed by atoms with Crippen molar-refractivity contribution in [1.29, 1.82) is 0 Å². The number of unbranched alkanes of at least 4 members (excludes halogenated alkanes) is 7. The van der Waals surface area contributed by atoms with Crippen LogP contribution in [0.1, 0.15) is 82.8 Å². The summed E-state index contributed by atoms with van der Waals surface area (Å²) in [5.74, 6) is 0. The molecule has 0 aliphatic heterocycles. The molecule has 1 nitrogen and oxygen atoms in total. The van der Waals surface area contributed by atoms with Gasteiger partial charge in [0.2, 0.25) is 0 Å². The molecule has 1 heterocycles. The number of aromatic amines is 1. The van der Waals surface area contributed by atoms with Crippen LogP contribution in [0.4, 0.5) is 0 Å². The number of hydrogen-bond donors (Lipinski definition) is 1. The van der Waals surface area contributed by atoms with Crippen molar-refractivity contribution in [1.82, 2.24) is 4.98 Å². The van der Waals surface area contributed by atoms with Gasteiger partial charge in [-0.05, 0) is 36.8 Å². The van der Waals surface area contributed by atoms with Crippen molar-refractivity contribution in [3.05, 3.63) is 23.5 Å². The minimum atomic E-state index is 1.26. The molecule has 1 N–H and O–H groups in total. The minimum Gasteiger partial charge on any atom is -0.367 e. The molecule has 0 aliphatic rings. The molecule has 0 spiro atoms. The molecule has 0 aliphatic carbocycles. The van der Waals surface area contributed by atoms with E-state index < -0.39 is 0 Å². The van der Waals surface area contributed by atoms with Gasteiger partial charge in [0, 0.05) is 12.4 Å². The maximum atomic E-state index is 3.28. The molecule has 1 aromatic rings. The Bertz CT molecular complexity index is 288. The monoisotopic (exact) mass is 249 g/mol. The SMILES string of the molecule is CCCCCCCCCc1c[nH]cc1CCCC. The van der Waals surface area contributed by atoms with Crippen LogP contribution in [0.25, 0.3) is 0 Å². The molecular weight excluding hydrogens is 218 g/mol. The molecule has 0 bridgehead atoms. The summed E-state index contributed by atoms with van der Waals surface area (Å²) in [6.45, 7) is 4.55. The average Bonchev–Trinajstić information content (AvgIpc) is 2.83. The Morgan fingerprint density at radius 3 is 1.78 bits per heavy atom. The molecule has 1 aromatic heterocycles. The molecule has 0 unspecified atom stereocenters. The molecule has 0 saturated carbocycles. The summed E-state index contributed by atoms with van der Waals surface area (Å²) in [5, 5.41) is 0. The maximum absolute atomic E-state index is 3.28. The second kappa shape index (κ2) is 10.2. The van der Waals surface area contributed by atoms with Crippen molar-refractivity contribution in [2.24, 2.45) is 0 Å². The van der Waals surface area contributed by atoms with Gasteiger partial charge in [-0.1, -0.05) is 58.8 Å². The van der Waals surface area contributed by atoms with Crippen molar-refractivity contribution < 1.29 is 0 Å². The van der Waals surface area contributed by atoms with Gasteiger partial charge in [-0.25, -0.2) is 0 Å². The number of rotatable bonds is 11. The number of aromatic nitrogens is 1. The van der Waals surface area contributed by atoms with Gasteiger partial charge in [0.1, 0.15) is 0 Å². The summed E-state index contributed by atoms with van der Waals surface area (Å²) in [6.07, 6.45) is 19.4. The number of aryl methyl sites for hydroxylation is 2. The van der Waals surface area contributed by atoms with Gasteiger partial charge in [-0.15, -0.1) is 0 Å². The summed E-state index contributed by atoms with van der Waals surface area (Å²) < 4.78 is 0. The summed E-state index contributed by atoms with van der Waals surface area (Å²) in [6, 6.07) is 0. The Morgan fingerprint density at radius 2 is 1.17 bits per heavy atom. The minimum absolute atomic E-state index is 1.26. The lowest BCUT2D eigenvalue weighted by Gasteiger charge is -2.04. The number of hydrogen-bond acceptors (Lipinski definition) is 0. The Morgan fingerprint density at radius 1 is 0.667 bits per heavy atom. The lowest BCUT2D eigenvalue weighted by atomic mass is 10.0. The van der Waals surface area contributed by atoms with Crippen LogP contribution in [0.5, 0.6) is 0 Å². The first-order valence-corrected chi connectivity index (χ1v) is 8.03. The normalized spacial score (nSPS) is 11.0. The van der Waals surface area contributed by atoms with Gasteiger partial charge in [-0.2, -0.15) is 0 Å². The van der Waals surface area contributed by atoms with Crippen LogP contribution in [0, 0.1) is 0 Å². The zero-order valence-corrected chi connectivity index (χ0v) is 12.4. The van der Waals surface area contributed by atoms with Gasteiger partial charge in [0.05, 0.1) is 0 Å². The highest BCUT2D eigenvalue weighted by Crippen LogP contribution is 2.15. The first-order chi connectivity index (χ1) is 8.88. The van der Waals surface area contributed by atoms with Crippen molar-refractivity contribution in [2.45, 2.75) is 84.5 Å². The molecule has 1 rings (SSSR count). The zero-order valence-electron chi connectivity index (χ0n) is 12.4. The van der Waals surface area contributed by atoms with Crippen LogP contribution < -0.4 is 0 Å². The summed E-state index contributed by atoms with van der Waals surface area (Å²) in [5.41, 5.74) is 3.12. The summed E-state index contributed by atoms with van der Waals surface area (Å²) >= 11 is 0. The molecule has 0 atom stereocenters. The van der Waals surface area contributed by atoms with Crippen molar-refractivity contribution >= 4 is 0 Å². The fourth-order valence-corrected chi connectivity index (χ4v) is 2.53. The van der Waals surface area contributed by atoms with Crippen LogP contribution in [0.2, 0.25) is 0 Å². The molecule has 0 radical (unpaired) electrons. The number of H-pyrrole nitrogens is 1. The molecule has 104 valence electrons. The molecule has 0 saturated heterocycles. The van der Waals surface area contributed by atoms with E-state index in [4.69, 9.17) is 0 Å². The third kappa shape index (κ3) is 6.28. The Balaban J connectivity index is 2.09. The Kier molecular flexibility index (Phi) is 8.71. The van der Waals surface area contributed by atoms with Crippen molar-refractivity contribution in [2.75, 3.05) is 0 Å². The maximum Gasteiger partial charge on any atom is 0.00401 e. The topological polar surface area (TPSA) is 15.8 Å².